The summed E-state index contributed by atoms with van der Waals surface area (Å²) in [6.45, 7) is 2.08. The third-order valence-corrected chi connectivity index (χ3v) is 5.60. The molecule has 1 aromatic heterocycles. The molecule has 182 valence electrons. The lowest BCUT2D eigenvalue weighted by Gasteiger charge is -2.15. The van der Waals surface area contributed by atoms with Crippen molar-refractivity contribution in [3.8, 4) is 17.0 Å². The number of rotatable bonds is 8. The fourth-order valence-corrected chi connectivity index (χ4v) is 3.67. The van der Waals surface area contributed by atoms with E-state index in [1.54, 1.807) is 43.5 Å². The van der Waals surface area contributed by atoms with Gasteiger partial charge in [-0.3, -0.25) is 4.79 Å². The minimum atomic E-state index is -0.512. The van der Waals surface area contributed by atoms with E-state index < -0.39 is 6.09 Å². The smallest absolute Gasteiger partial charge is 0.408 e. The van der Waals surface area contributed by atoms with Crippen molar-refractivity contribution in [1.82, 2.24) is 10.3 Å². The minimum absolute atomic E-state index is 0.250. The third-order valence-electron chi connectivity index (χ3n) is 5.60. The van der Waals surface area contributed by atoms with Gasteiger partial charge in [0.25, 0.3) is 5.91 Å². The van der Waals surface area contributed by atoms with Crippen LogP contribution in [0, 0.1) is 0 Å². The predicted molar refractivity (Wildman–Crippen MR) is 139 cm³/mol. The summed E-state index contributed by atoms with van der Waals surface area (Å²) in [6, 6.07) is 29.5. The Balaban J connectivity index is 1.43. The summed E-state index contributed by atoms with van der Waals surface area (Å²) in [7, 11) is 1.59. The lowest BCUT2D eigenvalue weighted by atomic mass is 10.0. The van der Waals surface area contributed by atoms with Crippen molar-refractivity contribution in [2.24, 2.45) is 0 Å². The van der Waals surface area contributed by atoms with Gasteiger partial charge < -0.3 is 20.1 Å². The molecule has 2 amide bonds. The SMILES string of the molecule is COc1ccc(NC(=O)c2cccc(-c3ccccc3CNC(=O)O[C@@H](C)c3ccccc3)n2)cc1. The van der Waals surface area contributed by atoms with Crippen LogP contribution in [0.1, 0.15) is 34.6 Å². The zero-order chi connectivity index (χ0) is 25.3. The van der Waals surface area contributed by atoms with Crippen molar-refractivity contribution in [2.75, 3.05) is 12.4 Å². The first-order chi connectivity index (χ1) is 17.5. The van der Waals surface area contributed by atoms with Gasteiger partial charge in [-0.2, -0.15) is 0 Å². The number of alkyl carbamates (subject to hydrolysis) is 1. The van der Waals surface area contributed by atoms with Crippen LogP contribution in [0.4, 0.5) is 10.5 Å². The number of hydrogen-bond donors (Lipinski definition) is 2. The molecule has 0 spiro atoms. The zero-order valence-corrected chi connectivity index (χ0v) is 20.1. The van der Waals surface area contributed by atoms with Crippen molar-refractivity contribution in [1.29, 1.82) is 0 Å². The van der Waals surface area contributed by atoms with Gasteiger partial charge in [0.1, 0.15) is 17.5 Å². The van der Waals surface area contributed by atoms with Crippen LogP contribution in [0.3, 0.4) is 0 Å². The molecule has 2 N–H and O–H groups in total. The van der Waals surface area contributed by atoms with Gasteiger partial charge in [-0.05, 0) is 54.4 Å². The number of amides is 2. The summed E-state index contributed by atoms with van der Waals surface area (Å²) in [5.74, 6) is 0.382. The largest absolute Gasteiger partial charge is 0.497 e. The quantitative estimate of drug-likeness (QED) is 0.322. The number of aromatic nitrogens is 1. The van der Waals surface area contributed by atoms with E-state index in [0.717, 1.165) is 16.7 Å². The lowest BCUT2D eigenvalue weighted by Crippen LogP contribution is -2.25. The van der Waals surface area contributed by atoms with E-state index in [2.05, 4.69) is 15.6 Å². The lowest BCUT2D eigenvalue weighted by molar-refractivity contribution is 0.102. The molecule has 4 aromatic rings. The van der Waals surface area contributed by atoms with Crippen LogP contribution in [0.25, 0.3) is 11.3 Å². The third kappa shape index (κ3) is 6.27. The Kier molecular flexibility index (Phi) is 7.93. The highest BCUT2D eigenvalue weighted by Crippen LogP contribution is 2.23. The molecule has 1 atom stereocenters. The number of methoxy groups -OCH3 is 1. The first-order valence-electron chi connectivity index (χ1n) is 11.5. The molecule has 1 heterocycles. The molecular formula is C29H27N3O4. The summed E-state index contributed by atoms with van der Waals surface area (Å²) in [5.41, 5.74) is 4.13. The number of ether oxygens (including phenoxy) is 2. The Morgan fingerprint density at radius 3 is 2.33 bits per heavy atom. The number of hydrogen-bond acceptors (Lipinski definition) is 5. The molecule has 0 fully saturated rings. The van der Waals surface area contributed by atoms with Crippen molar-refractivity contribution < 1.29 is 19.1 Å². The monoisotopic (exact) mass is 481 g/mol. The van der Waals surface area contributed by atoms with Crippen LogP contribution >= 0.6 is 0 Å². The average Bonchev–Trinajstić information content (AvgIpc) is 2.93. The number of nitrogens with one attached hydrogen (secondary N) is 2. The second-order valence-electron chi connectivity index (χ2n) is 8.06. The van der Waals surface area contributed by atoms with E-state index >= 15 is 0 Å². The highest BCUT2D eigenvalue weighted by Gasteiger charge is 2.14. The molecule has 0 saturated carbocycles. The fourth-order valence-electron chi connectivity index (χ4n) is 3.67. The molecule has 0 aliphatic rings. The van der Waals surface area contributed by atoms with Crippen LogP contribution < -0.4 is 15.4 Å². The summed E-state index contributed by atoms with van der Waals surface area (Å²) < 4.78 is 10.6. The first kappa shape index (κ1) is 24.5. The van der Waals surface area contributed by atoms with Crippen molar-refractivity contribution in [2.45, 2.75) is 19.6 Å². The van der Waals surface area contributed by atoms with Crippen molar-refractivity contribution in [3.05, 3.63) is 114 Å². The summed E-state index contributed by atoms with van der Waals surface area (Å²) in [5, 5.41) is 5.65. The van der Waals surface area contributed by atoms with E-state index in [0.29, 0.717) is 17.1 Å². The molecule has 3 aromatic carbocycles. The number of carbonyl (C=O) groups is 2. The Bertz CT molecular complexity index is 1320. The van der Waals surface area contributed by atoms with Crippen LogP contribution in [0.5, 0.6) is 5.75 Å². The van der Waals surface area contributed by atoms with Crippen LogP contribution in [0.2, 0.25) is 0 Å². The molecule has 7 nitrogen and oxygen atoms in total. The number of anilines is 1. The van der Waals surface area contributed by atoms with E-state index in [9.17, 15) is 9.59 Å². The van der Waals surface area contributed by atoms with Crippen LogP contribution in [0.15, 0.2) is 97.1 Å². The standard InChI is InChI=1S/C29H27N3O4/c1-20(21-9-4-3-5-10-21)36-29(34)30-19-22-11-6-7-12-25(22)26-13-8-14-27(32-26)28(33)31-23-15-17-24(35-2)18-16-23/h3-18,20H,19H2,1-2H3,(H,30,34)(H,31,33)/t20-/m0/s1. The van der Waals surface area contributed by atoms with E-state index in [1.807, 2.05) is 67.6 Å². The zero-order valence-electron chi connectivity index (χ0n) is 20.1. The molecular weight excluding hydrogens is 454 g/mol. The Hall–Kier alpha value is -4.65. The molecule has 4 rings (SSSR count). The van der Waals surface area contributed by atoms with Gasteiger partial charge >= 0.3 is 6.09 Å². The van der Waals surface area contributed by atoms with E-state index in [4.69, 9.17) is 9.47 Å². The first-order valence-corrected chi connectivity index (χ1v) is 11.5. The highest BCUT2D eigenvalue weighted by molar-refractivity contribution is 6.03. The van der Waals surface area contributed by atoms with E-state index in [-0.39, 0.29) is 24.2 Å². The van der Waals surface area contributed by atoms with Crippen molar-refractivity contribution in [3.63, 3.8) is 0 Å². The van der Waals surface area contributed by atoms with Crippen LogP contribution in [-0.2, 0) is 11.3 Å². The van der Waals surface area contributed by atoms with Crippen LogP contribution in [-0.4, -0.2) is 24.1 Å². The topological polar surface area (TPSA) is 89.6 Å². The van der Waals surface area contributed by atoms with Gasteiger partial charge in [0.15, 0.2) is 0 Å². The van der Waals surface area contributed by atoms with Gasteiger partial charge in [0.05, 0.1) is 12.8 Å². The van der Waals surface area contributed by atoms with Gasteiger partial charge in [-0.1, -0.05) is 60.7 Å². The Labute approximate surface area is 210 Å². The number of nitrogens with zero attached hydrogens (tertiary/aromatic N) is 1. The fraction of sp³-hybridized carbons (Fsp3) is 0.138. The highest BCUT2D eigenvalue weighted by atomic mass is 16.6. The molecule has 0 saturated heterocycles. The molecule has 7 heteroatoms. The average molecular weight is 482 g/mol. The molecule has 0 unspecified atom stereocenters. The Morgan fingerprint density at radius 1 is 0.861 bits per heavy atom. The second kappa shape index (κ2) is 11.7. The van der Waals surface area contributed by atoms with Gasteiger partial charge in [0, 0.05) is 17.8 Å². The van der Waals surface area contributed by atoms with Gasteiger partial charge in [-0.25, -0.2) is 9.78 Å². The number of pyridine rings is 1. The minimum Gasteiger partial charge on any atom is -0.497 e. The predicted octanol–water partition coefficient (Wildman–Crippen LogP) is 6.00. The maximum atomic E-state index is 12.8. The van der Waals surface area contributed by atoms with E-state index in [1.165, 1.54) is 0 Å². The van der Waals surface area contributed by atoms with Crippen molar-refractivity contribution >= 4 is 17.7 Å². The molecule has 0 aliphatic carbocycles. The number of benzene rings is 3. The summed E-state index contributed by atoms with van der Waals surface area (Å²) in [6.07, 6.45) is -0.884. The maximum Gasteiger partial charge on any atom is 0.408 e. The molecule has 0 bridgehead atoms. The van der Waals surface area contributed by atoms with Gasteiger partial charge in [0.2, 0.25) is 0 Å². The summed E-state index contributed by atoms with van der Waals surface area (Å²) in [4.78, 5) is 29.8. The molecule has 0 radical (unpaired) electrons. The second-order valence-corrected chi connectivity index (χ2v) is 8.06. The normalized spacial score (nSPS) is 11.3. The maximum absolute atomic E-state index is 12.8. The van der Waals surface area contributed by atoms with Gasteiger partial charge in [-0.15, -0.1) is 0 Å². The number of carbonyl (C=O) groups excluding carboxylic acids is 2. The molecule has 36 heavy (non-hydrogen) atoms. The summed E-state index contributed by atoms with van der Waals surface area (Å²) >= 11 is 0. The molecule has 0 aliphatic heterocycles. The Morgan fingerprint density at radius 2 is 1.58 bits per heavy atom.